The summed E-state index contributed by atoms with van der Waals surface area (Å²) in [4.78, 5) is 0. The predicted molar refractivity (Wildman–Crippen MR) is 70.3 cm³/mol. The van der Waals surface area contributed by atoms with E-state index in [1.165, 1.54) is 0 Å². The summed E-state index contributed by atoms with van der Waals surface area (Å²) in [6.45, 7) is 10.2. The van der Waals surface area contributed by atoms with E-state index in [2.05, 4.69) is 5.32 Å². The van der Waals surface area contributed by atoms with Gasteiger partial charge in [-0.25, -0.2) is 0 Å². The molecule has 0 heterocycles. The summed E-state index contributed by atoms with van der Waals surface area (Å²) in [6.07, 6.45) is 1.84. The second kappa shape index (κ2) is 8.03. The van der Waals surface area contributed by atoms with Gasteiger partial charge in [0, 0.05) is 12.1 Å². The fourth-order valence-corrected chi connectivity index (χ4v) is 1.36. The molecule has 17 heavy (non-hydrogen) atoms. The van der Waals surface area contributed by atoms with Crippen LogP contribution in [-0.4, -0.2) is 49.7 Å². The van der Waals surface area contributed by atoms with Crippen LogP contribution in [0.15, 0.2) is 0 Å². The Morgan fingerprint density at radius 1 is 1.06 bits per heavy atom. The van der Waals surface area contributed by atoms with E-state index in [0.29, 0.717) is 19.8 Å². The van der Waals surface area contributed by atoms with Crippen LogP contribution in [-0.2, 0) is 9.47 Å². The first-order chi connectivity index (χ1) is 7.83. The van der Waals surface area contributed by atoms with Crippen LogP contribution in [0.2, 0.25) is 0 Å². The van der Waals surface area contributed by atoms with Gasteiger partial charge >= 0.3 is 0 Å². The molecule has 0 saturated carbocycles. The zero-order valence-electron chi connectivity index (χ0n) is 12.0. The molecule has 0 rings (SSSR count). The number of aliphatic hydroxyl groups is 1. The van der Waals surface area contributed by atoms with Gasteiger partial charge in [-0.15, -0.1) is 0 Å². The fourth-order valence-electron chi connectivity index (χ4n) is 1.36. The minimum atomic E-state index is -0.189. The summed E-state index contributed by atoms with van der Waals surface area (Å²) in [5, 5.41) is 12.3. The van der Waals surface area contributed by atoms with E-state index < -0.39 is 0 Å². The van der Waals surface area contributed by atoms with Crippen molar-refractivity contribution in [3.8, 4) is 0 Å². The molecule has 2 N–H and O–H groups in total. The number of ether oxygens (including phenoxy) is 2. The molecule has 0 radical (unpaired) electrons. The van der Waals surface area contributed by atoms with Gasteiger partial charge in [0.15, 0.2) is 0 Å². The lowest BCUT2D eigenvalue weighted by molar-refractivity contribution is -0.0357. The van der Waals surface area contributed by atoms with Crippen molar-refractivity contribution in [2.75, 3.05) is 33.5 Å². The topological polar surface area (TPSA) is 50.7 Å². The van der Waals surface area contributed by atoms with Crippen molar-refractivity contribution in [3.63, 3.8) is 0 Å². The standard InChI is InChI=1S/C13H29NO3/c1-12(2,3)17-10-9-16-8-6-7-13(4,11-15)14-5/h14-15H,6-11H2,1-5H3. The lowest BCUT2D eigenvalue weighted by atomic mass is 9.97. The zero-order chi connectivity index (χ0) is 13.4. The van der Waals surface area contributed by atoms with Crippen molar-refractivity contribution >= 4 is 0 Å². The maximum atomic E-state index is 9.19. The van der Waals surface area contributed by atoms with Gasteiger partial charge < -0.3 is 19.9 Å². The lowest BCUT2D eigenvalue weighted by Crippen LogP contribution is -2.43. The summed E-state index contributed by atoms with van der Waals surface area (Å²) >= 11 is 0. The van der Waals surface area contributed by atoms with Gasteiger partial charge in [0.2, 0.25) is 0 Å². The SMILES string of the molecule is CNC(C)(CO)CCCOCCOC(C)(C)C. The zero-order valence-corrected chi connectivity index (χ0v) is 12.0. The molecule has 4 heteroatoms. The van der Waals surface area contributed by atoms with Crippen LogP contribution in [0.4, 0.5) is 0 Å². The summed E-state index contributed by atoms with van der Waals surface area (Å²) < 4.78 is 11.0. The first kappa shape index (κ1) is 16.8. The third-order valence-corrected chi connectivity index (χ3v) is 2.73. The van der Waals surface area contributed by atoms with E-state index in [1.807, 2.05) is 34.7 Å². The van der Waals surface area contributed by atoms with Gasteiger partial charge in [0.1, 0.15) is 0 Å². The summed E-state index contributed by atoms with van der Waals surface area (Å²) in [5.74, 6) is 0. The number of rotatable bonds is 9. The fraction of sp³-hybridized carbons (Fsp3) is 1.00. The molecule has 0 bridgehead atoms. The molecule has 0 aromatic rings. The van der Waals surface area contributed by atoms with E-state index >= 15 is 0 Å². The van der Waals surface area contributed by atoms with E-state index in [-0.39, 0.29) is 17.7 Å². The molecule has 0 spiro atoms. The molecule has 0 aliphatic heterocycles. The Kier molecular flexibility index (Phi) is 7.96. The van der Waals surface area contributed by atoms with E-state index in [0.717, 1.165) is 12.8 Å². The Balaban J connectivity index is 3.41. The Labute approximate surface area is 106 Å². The number of likely N-dealkylation sites (N-methyl/N-ethyl adjacent to an activating group) is 1. The molecule has 4 nitrogen and oxygen atoms in total. The largest absolute Gasteiger partial charge is 0.394 e. The third kappa shape index (κ3) is 9.53. The van der Waals surface area contributed by atoms with E-state index in [4.69, 9.17) is 9.47 Å². The number of hydrogen-bond acceptors (Lipinski definition) is 4. The van der Waals surface area contributed by atoms with Gasteiger partial charge in [-0.3, -0.25) is 0 Å². The van der Waals surface area contributed by atoms with E-state index in [1.54, 1.807) is 0 Å². The minimum absolute atomic E-state index is 0.0923. The van der Waals surface area contributed by atoms with Gasteiger partial charge in [0.25, 0.3) is 0 Å². The first-order valence-corrected chi connectivity index (χ1v) is 6.34. The minimum Gasteiger partial charge on any atom is -0.394 e. The molecule has 0 amide bonds. The van der Waals surface area contributed by atoms with Crippen LogP contribution >= 0.6 is 0 Å². The van der Waals surface area contributed by atoms with Gasteiger partial charge in [-0.05, 0) is 47.6 Å². The van der Waals surface area contributed by atoms with Crippen molar-refractivity contribution in [3.05, 3.63) is 0 Å². The van der Waals surface area contributed by atoms with Crippen LogP contribution in [0.3, 0.4) is 0 Å². The second-order valence-electron chi connectivity index (χ2n) is 5.65. The molecule has 0 aliphatic rings. The van der Waals surface area contributed by atoms with Crippen molar-refractivity contribution in [2.45, 2.75) is 51.7 Å². The molecule has 0 aromatic heterocycles. The monoisotopic (exact) mass is 247 g/mol. The predicted octanol–water partition coefficient (Wildman–Crippen LogP) is 1.57. The molecular formula is C13H29NO3. The molecule has 0 fully saturated rings. The maximum absolute atomic E-state index is 9.19. The van der Waals surface area contributed by atoms with Crippen molar-refractivity contribution in [1.29, 1.82) is 0 Å². The summed E-state index contributed by atoms with van der Waals surface area (Å²) in [5.41, 5.74) is -0.282. The highest BCUT2D eigenvalue weighted by atomic mass is 16.5. The van der Waals surface area contributed by atoms with E-state index in [9.17, 15) is 5.11 Å². The third-order valence-electron chi connectivity index (χ3n) is 2.73. The van der Waals surface area contributed by atoms with Crippen LogP contribution in [0.5, 0.6) is 0 Å². The second-order valence-corrected chi connectivity index (χ2v) is 5.65. The average Bonchev–Trinajstić information content (AvgIpc) is 2.26. The molecule has 1 unspecified atom stereocenters. The van der Waals surface area contributed by atoms with Crippen LogP contribution in [0, 0.1) is 0 Å². The highest BCUT2D eigenvalue weighted by Crippen LogP contribution is 2.10. The van der Waals surface area contributed by atoms with Gasteiger partial charge in [0.05, 0.1) is 25.4 Å². The van der Waals surface area contributed by atoms with Gasteiger partial charge in [-0.1, -0.05) is 0 Å². The maximum Gasteiger partial charge on any atom is 0.0707 e. The van der Waals surface area contributed by atoms with Crippen LogP contribution < -0.4 is 5.32 Å². The molecule has 1 atom stereocenters. The lowest BCUT2D eigenvalue weighted by Gasteiger charge is -2.26. The molecule has 104 valence electrons. The first-order valence-electron chi connectivity index (χ1n) is 6.34. The number of nitrogens with one attached hydrogen (secondary N) is 1. The normalized spacial score (nSPS) is 15.9. The van der Waals surface area contributed by atoms with Crippen molar-refractivity contribution in [2.24, 2.45) is 0 Å². The Morgan fingerprint density at radius 2 is 1.71 bits per heavy atom. The van der Waals surface area contributed by atoms with Crippen molar-refractivity contribution < 1.29 is 14.6 Å². The Morgan fingerprint density at radius 3 is 2.18 bits per heavy atom. The summed E-state index contributed by atoms with van der Waals surface area (Å²) in [6, 6.07) is 0. The molecule has 0 saturated heterocycles. The highest BCUT2D eigenvalue weighted by Gasteiger charge is 2.19. The molecule has 0 aromatic carbocycles. The van der Waals surface area contributed by atoms with Gasteiger partial charge in [-0.2, -0.15) is 0 Å². The molecular weight excluding hydrogens is 218 g/mol. The molecule has 0 aliphatic carbocycles. The Bertz CT molecular complexity index is 186. The average molecular weight is 247 g/mol. The highest BCUT2D eigenvalue weighted by molar-refractivity contribution is 4.79. The Hall–Kier alpha value is -0.160. The van der Waals surface area contributed by atoms with Crippen molar-refractivity contribution in [1.82, 2.24) is 5.32 Å². The summed E-state index contributed by atoms with van der Waals surface area (Å²) in [7, 11) is 1.87. The van der Waals surface area contributed by atoms with Crippen LogP contribution in [0.25, 0.3) is 0 Å². The smallest absolute Gasteiger partial charge is 0.0707 e. The van der Waals surface area contributed by atoms with Crippen LogP contribution in [0.1, 0.15) is 40.5 Å². The number of hydrogen-bond donors (Lipinski definition) is 2. The number of aliphatic hydroxyl groups excluding tert-OH is 1. The quantitative estimate of drug-likeness (QED) is 0.607.